The van der Waals surface area contributed by atoms with E-state index in [0.717, 1.165) is 5.56 Å². The summed E-state index contributed by atoms with van der Waals surface area (Å²) in [5.41, 5.74) is 1.43. The molecule has 0 atom stereocenters. The van der Waals surface area contributed by atoms with Crippen molar-refractivity contribution in [1.29, 1.82) is 0 Å². The number of hydrogen-bond acceptors (Lipinski definition) is 8. The standard InChI is InChI=1S/C18H17N3O6/c1-24-14-8-11(9-15(25-2)17(14)26-3)10-16-19-20-18(27-16)12-4-6-13(7-5-12)21(22)23/h4-9H,10H2,1-3H3. The maximum Gasteiger partial charge on any atom is 0.269 e. The smallest absolute Gasteiger partial charge is 0.269 e. The molecule has 2 aromatic carbocycles. The molecule has 0 N–H and O–H groups in total. The summed E-state index contributed by atoms with van der Waals surface area (Å²) in [6, 6.07) is 9.51. The first-order valence-corrected chi connectivity index (χ1v) is 7.91. The molecule has 27 heavy (non-hydrogen) atoms. The zero-order chi connectivity index (χ0) is 19.4. The molecule has 0 unspecified atom stereocenters. The third kappa shape index (κ3) is 3.81. The minimum atomic E-state index is -0.465. The average molecular weight is 371 g/mol. The fraction of sp³-hybridized carbons (Fsp3) is 0.222. The summed E-state index contributed by atoms with van der Waals surface area (Å²) in [7, 11) is 4.62. The monoisotopic (exact) mass is 371 g/mol. The van der Waals surface area contributed by atoms with Crippen molar-refractivity contribution in [1.82, 2.24) is 10.2 Å². The molecule has 0 bridgehead atoms. The lowest BCUT2D eigenvalue weighted by Gasteiger charge is -2.13. The molecule has 9 nitrogen and oxygen atoms in total. The van der Waals surface area contributed by atoms with E-state index in [2.05, 4.69) is 10.2 Å². The lowest BCUT2D eigenvalue weighted by molar-refractivity contribution is -0.384. The second-order valence-electron chi connectivity index (χ2n) is 5.52. The van der Waals surface area contributed by atoms with Crippen LogP contribution < -0.4 is 14.2 Å². The average Bonchev–Trinajstić information content (AvgIpc) is 3.15. The minimum absolute atomic E-state index is 0.00379. The molecule has 1 aromatic heterocycles. The van der Waals surface area contributed by atoms with Crippen molar-refractivity contribution in [2.24, 2.45) is 0 Å². The topological polar surface area (TPSA) is 110 Å². The number of rotatable bonds is 7. The van der Waals surface area contributed by atoms with E-state index in [1.54, 1.807) is 38.5 Å². The van der Waals surface area contributed by atoms with Crippen LogP contribution in [0.1, 0.15) is 11.5 Å². The Bertz CT molecular complexity index is 927. The summed E-state index contributed by atoms with van der Waals surface area (Å²) >= 11 is 0. The molecule has 0 aliphatic carbocycles. The summed E-state index contributed by atoms with van der Waals surface area (Å²) < 4.78 is 21.6. The van der Waals surface area contributed by atoms with Crippen LogP contribution in [0.5, 0.6) is 17.2 Å². The zero-order valence-corrected chi connectivity index (χ0v) is 15.0. The quantitative estimate of drug-likeness (QED) is 0.460. The van der Waals surface area contributed by atoms with Gasteiger partial charge in [-0.1, -0.05) is 0 Å². The minimum Gasteiger partial charge on any atom is -0.493 e. The van der Waals surface area contributed by atoms with Gasteiger partial charge in [0.15, 0.2) is 11.5 Å². The molecule has 0 fully saturated rings. The summed E-state index contributed by atoms with van der Waals surface area (Å²) in [6.45, 7) is 0. The van der Waals surface area contributed by atoms with Crippen LogP contribution in [0.15, 0.2) is 40.8 Å². The third-order valence-electron chi connectivity index (χ3n) is 3.87. The predicted octanol–water partition coefficient (Wildman–Crippen LogP) is 3.26. The Morgan fingerprint density at radius 1 is 1.00 bits per heavy atom. The van der Waals surface area contributed by atoms with Crippen LogP contribution in [0, 0.1) is 10.1 Å². The highest BCUT2D eigenvalue weighted by molar-refractivity contribution is 5.56. The SMILES string of the molecule is COc1cc(Cc2nnc(-c3ccc([N+](=O)[O-])cc3)o2)cc(OC)c1OC. The van der Waals surface area contributed by atoms with E-state index >= 15 is 0 Å². The Morgan fingerprint density at radius 3 is 2.15 bits per heavy atom. The second-order valence-corrected chi connectivity index (χ2v) is 5.52. The molecule has 0 saturated carbocycles. The summed E-state index contributed by atoms with van der Waals surface area (Å²) in [5.74, 6) is 2.23. The van der Waals surface area contributed by atoms with Crippen LogP contribution in [0.2, 0.25) is 0 Å². The molecule has 1 heterocycles. The first-order valence-electron chi connectivity index (χ1n) is 7.91. The van der Waals surface area contributed by atoms with Crippen LogP contribution in [-0.2, 0) is 6.42 Å². The second kappa shape index (κ2) is 7.73. The zero-order valence-electron chi connectivity index (χ0n) is 15.0. The lowest BCUT2D eigenvalue weighted by Crippen LogP contribution is -1.98. The molecule has 0 radical (unpaired) electrons. The van der Waals surface area contributed by atoms with E-state index in [9.17, 15) is 10.1 Å². The number of hydrogen-bond donors (Lipinski definition) is 0. The Hall–Kier alpha value is -3.62. The molecule has 140 valence electrons. The van der Waals surface area contributed by atoms with Crippen molar-refractivity contribution >= 4 is 5.69 Å². The van der Waals surface area contributed by atoms with Gasteiger partial charge in [-0.15, -0.1) is 10.2 Å². The lowest BCUT2D eigenvalue weighted by atomic mass is 10.1. The van der Waals surface area contributed by atoms with Crippen molar-refractivity contribution < 1.29 is 23.6 Å². The van der Waals surface area contributed by atoms with E-state index in [4.69, 9.17) is 18.6 Å². The fourth-order valence-corrected chi connectivity index (χ4v) is 2.58. The molecule has 0 amide bonds. The number of nitrogens with zero attached hydrogens (tertiary/aromatic N) is 3. The van der Waals surface area contributed by atoms with Crippen molar-refractivity contribution in [3.63, 3.8) is 0 Å². The van der Waals surface area contributed by atoms with Gasteiger partial charge >= 0.3 is 0 Å². The van der Waals surface area contributed by atoms with Gasteiger partial charge in [0.25, 0.3) is 5.69 Å². The van der Waals surface area contributed by atoms with Gasteiger partial charge in [0.05, 0.1) is 32.7 Å². The number of nitro benzene ring substituents is 1. The number of aromatic nitrogens is 2. The van der Waals surface area contributed by atoms with Gasteiger partial charge in [0.1, 0.15) is 0 Å². The number of ether oxygens (including phenoxy) is 3. The number of nitro groups is 1. The van der Waals surface area contributed by atoms with Crippen LogP contribution in [0.3, 0.4) is 0 Å². The Balaban J connectivity index is 1.84. The molecular formula is C18H17N3O6. The molecule has 3 rings (SSSR count). The van der Waals surface area contributed by atoms with Gasteiger partial charge in [-0.3, -0.25) is 10.1 Å². The van der Waals surface area contributed by atoms with Crippen molar-refractivity contribution in [2.75, 3.05) is 21.3 Å². The Labute approximate surface area is 154 Å². The van der Waals surface area contributed by atoms with Gasteiger partial charge in [-0.25, -0.2) is 0 Å². The first kappa shape index (κ1) is 18.2. The Morgan fingerprint density at radius 2 is 1.63 bits per heavy atom. The van der Waals surface area contributed by atoms with E-state index in [0.29, 0.717) is 35.1 Å². The van der Waals surface area contributed by atoms with Crippen LogP contribution in [-0.4, -0.2) is 36.5 Å². The molecule has 0 spiro atoms. The largest absolute Gasteiger partial charge is 0.493 e. The van der Waals surface area contributed by atoms with E-state index in [-0.39, 0.29) is 11.6 Å². The molecule has 0 aliphatic rings. The first-order chi connectivity index (χ1) is 13.0. The third-order valence-corrected chi connectivity index (χ3v) is 3.87. The van der Waals surface area contributed by atoms with Gasteiger partial charge in [-0.2, -0.15) is 0 Å². The number of benzene rings is 2. The van der Waals surface area contributed by atoms with Crippen LogP contribution >= 0.6 is 0 Å². The Kier molecular flexibility index (Phi) is 5.20. The molecule has 0 saturated heterocycles. The van der Waals surface area contributed by atoms with Crippen LogP contribution in [0.25, 0.3) is 11.5 Å². The van der Waals surface area contributed by atoms with Gasteiger partial charge in [0, 0.05) is 17.7 Å². The molecular weight excluding hydrogens is 354 g/mol. The van der Waals surface area contributed by atoms with Gasteiger partial charge in [-0.05, 0) is 29.8 Å². The van der Waals surface area contributed by atoms with Crippen molar-refractivity contribution in [2.45, 2.75) is 6.42 Å². The number of non-ortho nitro benzene ring substituents is 1. The summed E-state index contributed by atoms with van der Waals surface area (Å²) in [5, 5.41) is 18.8. The van der Waals surface area contributed by atoms with Gasteiger partial charge < -0.3 is 18.6 Å². The molecule has 9 heteroatoms. The van der Waals surface area contributed by atoms with E-state index in [1.165, 1.54) is 19.2 Å². The highest BCUT2D eigenvalue weighted by Crippen LogP contribution is 2.38. The van der Waals surface area contributed by atoms with Gasteiger partial charge in [0.2, 0.25) is 17.5 Å². The normalized spacial score (nSPS) is 10.5. The predicted molar refractivity (Wildman–Crippen MR) is 95.3 cm³/mol. The number of methoxy groups -OCH3 is 3. The molecule has 3 aromatic rings. The van der Waals surface area contributed by atoms with E-state index < -0.39 is 4.92 Å². The summed E-state index contributed by atoms with van der Waals surface area (Å²) in [4.78, 5) is 10.3. The highest BCUT2D eigenvalue weighted by atomic mass is 16.6. The maximum absolute atomic E-state index is 10.7. The fourth-order valence-electron chi connectivity index (χ4n) is 2.58. The van der Waals surface area contributed by atoms with Crippen LogP contribution in [0.4, 0.5) is 5.69 Å². The maximum atomic E-state index is 10.7. The van der Waals surface area contributed by atoms with Crippen molar-refractivity contribution in [3.8, 4) is 28.7 Å². The molecule has 0 aliphatic heterocycles. The summed E-state index contributed by atoms with van der Waals surface area (Å²) in [6.07, 6.45) is 0.358. The highest BCUT2D eigenvalue weighted by Gasteiger charge is 2.16. The van der Waals surface area contributed by atoms with E-state index in [1.807, 2.05) is 0 Å². The van der Waals surface area contributed by atoms with Crippen molar-refractivity contribution in [3.05, 3.63) is 58.0 Å².